The summed E-state index contributed by atoms with van der Waals surface area (Å²) < 4.78 is 5.49. The molecule has 2 aromatic rings. The van der Waals surface area contributed by atoms with Crippen LogP contribution in [0.3, 0.4) is 0 Å². The molecule has 0 aliphatic carbocycles. The minimum atomic E-state index is -1.16. The predicted molar refractivity (Wildman–Crippen MR) is 79.2 cm³/mol. The van der Waals surface area contributed by atoms with Crippen molar-refractivity contribution in [1.82, 2.24) is 0 Å². The average molecular weight is 332 g/mol. The van der Waals surface area contributed by atoms with E-state index in [2.05, 4.69) is 0 Å². The number of ether oxygens (including phenoxy) is 1. The van der Waals surface area contributed by atoms with Gasteiger partial charge >= 0.3 is 5.97 Å². The Morgan fingerprint density at radius 3 is 2.15 bits per heavy atom. The molecule has 0 fully saturated rings. The molecule has 2 rings (SSSR count). The van der Waals surface area contributed by atoms with Crippen LogP contribution in [0.4, 0.5) is 0 Å². The van der Waals surface area contributed by atoms with Crippen molar-refractivity contribution in [3.63, 3.8) is 0 Å². The van der Waals surface area contributed by atoms with E-state index in [0.717, 1.165) is 0 Å². The predicted octanol–water partition coefficient (Wildman–Crippen LogP) is 4.92. The molecule has 0 atom stereocenters. The summed E-state index contributed by atoms with van der Waals surface area (Å²) in [4.78, 5) is 11.2. The number of carbonyl (C=O) groups is 1. The van der Waals surface area contributed by atoms with Gasteiger partial charge in [0.05, 0.1) is 5.02 Å². The van der Waals surface area contributed by atoms with E-state index in [9.17, 15) is 4.79 Å². The molecular weight excluding hydrogens is 323 g/mol. The Balaban J connectivity index is 2.28. The Bertz CT molecular complexity index is 636. The van der Waals surface area contributed by atoms with E-state index in [0.29, 0.717) is 15.6 Å². The van der Waals surface area contributed by atoms with Crippen molar-refractivity contribution in [3.8, 4) is 5.75 Å². The van der Waals surface area contributed by atoms with Crippen LogP contribution < -0.4 is 4.74 Å². The van der Waals surface area contributed by atoms with Crippen LogP contribution in [0.2, 0.25) is 15.1 Å². The fourth-order valence-corrected chi connectivity index (χ4v) is 2.41. The lowest BCUT2D eigenvalue weighted by atomic mass is 10.2. The van der Waals surface area contributed by atoms with Gasteiger partial charge < -0.3 is 9.84 Å². The Hall–Kier alpha value is -1.42. The van der Waals surface area contributed by atoms with E-state index in [-0.39, 0.29) is 22.9 Å². The van der Waals surface area contributed by atoms with Crippen LogP contribution >= 0.6 is 34.8 Å². The molecule has 0 aliphatic heterocycles. The lowest BCUT2D eigenvalue weighted by Gasteiger charge is -2.12. The van der Waals surface area contributed by atoms with Crippen molar-refractivity contribution < 1.29 is 14.6 Å². The van der Waals surface area contributed by atoms with Crippen molar-refractivity contribution in [2.45, 2.75) is 6.61 Å². The van der Waals surface area contributed by atoms with Crippen molar-refractivity contribution in [1.29, 1.82) is 0 Å². The number of rotatable bonds is 4. The van der Waals surface area contributed by atoms with Crippen LogP contribution in [0.1, 0.15) is 15.9 Å². The van der Waals surface area contributed by atoms with Gasteiger partial charge in [0, 0.05) is 15.6 Å². The maximum Gasteiger partial charge on any atom is 0.341 e. The zero-order valence-electron chi connectivity index (χ0n) is 10.1. The van der Waals surface area contributed by atoms with Gasteiger partial charge in [-0.05, 0) is 24.3 Å². The number of hydrogen-bond acceptors (Lipinski definition) is 2. The molecule has 0 bridgehead atoms. The maximum atomic E-state index is 11.2. The van der Waals surface area contributed by atoms with E-state index in [1.807, 2.05) is 0 Å². The van der Waals surface area contributed by atoms with Gasteiger partial charge in [0.1, 0.15) is 17.9 Å². The molecule has 0 unspecified atom stereocenters. The molecule has 0 heterocycles. The van der Waals surface area contributed by atoms with Crippen molar-refractivity contribution in [2.75, 3.05) is 0 Å². The zero-order chi connectivity index (χ0) is 14.7. The molecule has 0 radical (unpaired) electrons. The number of aromatic carboxylic acids is 1. The second-order valence-corrected chi connectivity index (χ2v) is 5.13. The van der Waals surface area contributed by atoms with Gasteiger partial charge in [0.25, 0.3) is 0 Å². The highest BCUT2D eigenvalue weighted by atomic mass is 35.5. The standard InChI is InChI=1S/C14H9Cl3O3/c15-9-3-1-4-10(16)8(9)7-20-12-6-2-5-11(17)13(12)14(18)19/h1-6H,7H2,(H,18,19). The maximum absolute atomic E-state index is 11.2. The van der Waals surface area contributed by atoms with E-state index >= 15 is 0 Å². The highest BCUT2D eigenvalue weighted by Gasteiger charge is 2.16. The number of benzene rings is 2. The minimum Gasteiger partial charge on any atom is -0.488 e. The smallest absolute Gasteiger partial charge is 0.341 e. The third-order valence-corrected chi connectivity index (χ3v) is 3.65. The van der Waals surface area contributed by atoms with Crippen molar-refractivity contribution in [3.05, 3.63) is 62.6 Å². The van der Waals surface area contributed by atoms with E-state index in [1.54, 1.807) is 24.3 Å². The van der Waals surface area contributed by atoms with Gasteiger partial charge in [-0.3, -0.25) is 0 Å². The van der Waals surface area contributed by atoms with Crippen molar-refractivity contribution in [2.24, 2.45) is 0 Å². The van der Waals surface area contributed by atoms with Crippen LogP contribution in [0.25, 0.3) is 0 Å². The molecule has 6 heteroatoms. The summed E-state index contributed by atoms with van der Waals surface area (Å²) in [5.74, 6) is -0.989. The fraction of sp³-hybridized carbons (Fsp3) is 0.0714. The van der Waals surface area contributed by atoms with Crippen LogP contribution in [-0.2, 0) is 6.61 Å². The fourth-order valence-electron chi connectivity index (χ4n) is 1.65. The normalized spacial score (nSPS) is 10.3. The first-order valence-electron chi connectivity index (χ1n) is 5.58. The summed E-state index contributed by atoms with van der Waals surface area (Å²) >= 11 is 17.9. The molecule has 1 N–H and O–H groups in total. The highest BCUT2D eigenvalue weighted by Crippen LogP contribution is 2.29. The Labute approximate surface area is 130 Å². The molecule has 104 valence electrons. The first-order valence-corrected chi connectivity index (χ1v) is 6.71. The number of carboxylic acids is 1. The van der Waals surface area contributed by atoms with E-state index < -0.39 is 5.97 Å². The summed E-state index contributed by atoms with van der Waals surface area (Å²) in [6, 6.07) is 9.71. The molecule has 0 aliphatic rings. The molecule has 2 aromatic carbocycles. The van der Waals surface area contributed by atoms with Gasteiger partial charge in [-0.1, -0.05) is 46.9 Å². The number of hydrogen-bond donors (Lipinski definition) is 1. The van der Waals surface area contributed by atoms with Gasteiger partial charge in [-0.25, -0.2) is 4.79 Å². The van der Waals surface area contributed by atoms with Gasteiger partial charge in [-0.15, -0.1) is 0 Å². The average Bonchev–Trinajstić information content (AvgIpc) is 2.37. The van der Waals surface area contributed by atoms with Gasteiger partial charge in [0.15, 0.2) is 0 Å². The summed E-state index contributed by atoms with van der Waals surface area (Å²) in [6.45, 7) is 0.0547. The van der Waals surface area contributed by atoms with Crippen LogP contribution in [0, 0.1) is 0 Å². The third kappa shape index (κ3) is 3.18. The summed E-state index contributed by atoms with van der Waals surface area (Å²) in [5, 5.41) is 10.2. The summed E-state index contributed by atoms with van der Waals surface area (Å²) in [6.07, 6.45) is 0. The third-order valence-electron chi connectivity index (χ3n) is 2.62. The largest absolute Gasteiger partial charge is 0.488 e. The number of carboxylic acid groups (broad SMARTS) is 1. The summed E-state index contributed by atoms with van der Waals surface area (Å²) in [5.41, 5.74) is 0.504. The zero-order valence-corrected chi connectivity index (χ0v) is 12.3. The molecule has 0 aromatic heterocycles. The minimum absolute atomic E-state index is 0.0547. The van der Waals surface area contributed by atoms with Crippen LogP contribution in [-0.4, -0.2) is 11.1 Å². The second kappa shape index (κ2) is 6.35. The molecule has 0 spiro atoms. The first kappa shape index (κ1) is 15.0. The van der Waals surface area contributed by atoms with Gasteiger partial charge in [0.2, 0.25) is 0 Å². The van der Waals surface area contributed by atoms with E-state index in [1.165, 1.54) is 12.1 Å². The molecule has 0 saturated carbocycles. The number of halogens is 3. The second-order valence-electron chi connectivity index (χ2n) is 3.91. The monoisotopic (exact) mass is 330 g/mol. The lowest BCUT2D eigenvalue weighted by Crippen LogP contribution is -2.04. The topological polar surface area (TPSA) is 46.5 Å². The SMILES string of the molecule is O=C(O)c1c(Cl)cccc1OCc1c(Cl)cccc1Cl. The van der Waals surface area contributed by atoms with Crippen LogP contribution in [0.5, 0.6) is 5.75 Å². The molecule has 0 amide bonds. The Kier molecular flexibility index (Phi) is 4.76. The summed E-state index contributed by atoms with van der Waals surface area (Å²) in [7, 11) is 0. The quantitative estimate of drug-likeness (QED) is 0.864. The van der Waals surface area contributed by atoms with Crippen molar-refractivity contribution >= 4 is 40.8 Å². The molecule has 3 nitrogen and oxygen atoms in total. The molecule has 20 heavy (non-hydrogen) atoms. The highest BCUT2D eigenvalue weighted by molar-refractivity contribution is 6.36. The van der Waals surface area contributed by atoms with Gasteiger partial charge in [-0.2, -0.15) is 0 Å². The first-order chi connectivity index (χ1) is 9.50. The Morgan fingerprint density at radius 1 is 1.00 bits per heavy atom. The molecule has 0 saturated heterocycles. The van der Waals surface area contributed by atoms with Crippen LogP contribution in [0.15, 0.2) is 36.4 Å². The van der Waals surface area contributed by atoms with E-state index in [4.69, 9.17) is 44.6 Å². The lowest BCUT2D eigenvalue weighted by molar-refractivity contribution is 0.0692. The Morgan fingerprint density at radius 2 is 1.55 bits per heavy atom. The molecular formula is C14H9Cl3O3.